The van der Waals surface area contributed by atoms with Crippen molar-refractivity contribution in [3.63, 3.8) is 0 Å². The van der Waals surface area contributed by atoms with Crippen molar-refractivity contribution < 1.29 is 4.74 Å². The molecule has 0 N–H and O–H groups in total. The minimum atomic E-state index is 0.439. The van der Waals surface area contributed by atoms with Gasteiger partial charge in [0.05, 0.1) is 0 Å². The van der Waals surface area contributed by atoms with E-state index in [4.69, 9.17) is 4.74 Å². The highest BCUT2D eigenvalue weighted by Gasteiger charge is 2.06. The zero-order valence-corrected chi connectivity index (χ0v) is 12.4. The molecule has 4 nitrogen and oxygen atoms in total. The largest absolute Gasteiger partial charge is 0.486 e. The summed E-state index contributed by atoms with van der Waals surface area (Å²) < 4.78 is 8.73. The summed E-state index contributed by atoms with van der Waals surface area (Å²) in [5, 5.41) is 4.11. The van der Waals surface area contributed by atoms with Gasteiger partial charge in [0.1, 0.15) is 18.7 Å². The van der Waals surface area contributed by atoms with Gasteiger partial charge in [0.15, 0.2) is 5.82 Å². The van der Waals surface area contributed by atoms with Crippen LogP contribution in [0, 0.1) is 13.8 Å². The number of nitrogens with zero attached hydrogens (tertiary/aromatic N) is 3. The second-order valence-electron chi connectivity index (χ2n) is 4.15. The van der Waals surface area contributed by atoms with Crippen LogP contribution < -0.4 is 4.74 Å². The van der Waals surface area contributed by atoms with E-state index in [1.807, 2.05) is 23.7 Å². The SMILES string of the molecule is CCn1ncnc1COc1cc(C)c(Br)c(C)c1. The number of halogens is 1. The molecule has 0 radical (unpaired) electrons. The monoisotopic (exact) mass is 309 g/mol. The van der Waals surface area contributed by atoms with Gasteiger partial charge in [0, 0.05) is 11.0 Å². The van der Waals surface area contributed by atoms with Crippen LogP contribution in [0.25, 0.3) is 0 Å². The molecule has 0 bridgehead atoms. The van der Waals surface area contributed by atoms with Crippen LogP contribution in [-0.4, -0.2) is 14.8 Å². The van der Waals surface area contributed by atoms with E-state index in [2.05, 4.69) is 39.9 Å². The van der Waals surface area contributed by atoms with Crippen molar-refractivity contribution in [1.29, 1.82) is 0 Å². The highest BCUT2D eigenvalue weighted by molar-refractivity contribution is 9.10. The predicted molar refractivity (Wildman–Crippen MR) is 73.6 cm³/mol. The Labute approximate surface area is 115 Å². The first-order valence-electron chi connectivity index (χ1n) is 5.88. The summed E-state index contributed by atoms with van der Waals surface area (Å²) in [5.74, 6) is 1.70. The van der Waals surface area contributed by atoms with Crippen molar-refractivity contribution in [3.8, 4) is 5.75 Å². The summed E-state index contributed by atoms with van der Waals surface area (Å²) in [6.45, 7) is 7.38. The van der Waals surface area contributed by atoms with Crippen molar-refractivity contribution in [2.75, 3.05) is 0 Å². The van der Waals surface area contributed by atoms with Crippen LogP contribution in [0.1, 0.15) is 23.9 Å². The standard InChI is InChI=1S/C13H16BrN3O/c1-4-17-12(15-8-16-17)7-18-11-5-9(2)13(14)10(3)6-11/h5-6,8H,4,7H2,1-3H3. The molecule has 0 saturated carbocycles. The number of hydrogen-bond acceptors (Lipinski definition) is 3. The molecule has 2 rings (SSSR count). The number of hydrogen-bond donors (Lipinski definition) is 0. The quantitative estimate of drug-likeness (QED) is 0.870. The van der Waals surface area contributed by atoms with Crippen LogP contribution in [0.5, 0.6) is 5.75 Å². The van der Waals surface area contributed by atoms with Crippen LogP contribution >= 0.6 is 15.9 Å². The van der Waals surface area contributed by atoms with E-state index in [-0.39, 0.29) is 0 Å². The van der Waals surface area contributed by atoms with E-state index >= 15 is 0 Å². The van der Waals surface area contributed by atoms with Crippen LogP contribution in [0.4, 0.5) is 0 Å². The molecule has 96 valence electrons. The predicted octanol–water partition coefficient (Wildman–Crippen LogP) is 3.26. The Kier molecular flexibility index (Phi) is 4.01. The van der Waals surface area contributed by atoms with Crippen LogP contribution in [0.2, 0.25) is 0 Å². The summed E-state index contributed by atoms with van der Waals surface area (Å²) in [5.41, 5.74) is 2.34. The smallest absolute Gasteiger partial charge is 0.164 e. The Morgan fingerprint density at radius 2 is 1.94 bits per heavy atom. The molecule has 0 atom stereocenters. The van der Waals surface area contributed by atoms with Gasteiger partial charge < -0.3 is 4.74 Å². The number of aryl methyl sites for hydroxylation is 3. The fourth-order valence-electron chi connectivity index (χ4n) is 1.80. The van der Waals surface area contributed by atoms with E-state index in [0.29, 0.717) is 6.61 Å². The average Bonchev–Trinajstić information content (AvgIpc) is 2.80. The molecule has 1 aromatic heterocycles. The van der Waals surface area contributed by atoms with Gasteiger partial charge in [0.2, 0.25) is 0 Å². The lowest BCUT2D eigenvalue weighted by atomic mass is 10.1. The molecule has 0 aliphatic rings. The van der Waals surface area contributed by atoms with Gasteiger partial charge in [-0.1, -0.05) is 15.9 Å². The lowest BCUT2D eigenvalue weighted by molar-refractivity contribution is 0.287. The summed E-state index contributed by atoms with van der Waals surface area (Å²) in [6, 6.07) is 4.04. The normalized spacial score (nSPS) is 10.7. The van der Waals surface area contributed by atoms with Gasteiger partial charge >= 0.3 is 0 Å². The Hall–Kier alpha value is -1.36. The number of aromatic nitrogens is 3. The number of ether oxygens (including phenoxy) is 1. The van der Waals surface area contributed by atoms with Crippen molar-refractivity contribution in [2.24, 2.45) is 0 Å². The van der Waals surface area contributed by atoms with Gasteiger partial charge in [0.25, 0.3) is 0 Å². The zero-order chi connectivity index (χ0) is 13.1. The summed E-state index contributed by atoms with van der Waals surface area (Å²) in [6.07, 6.45) is 1.56. The Morgan fingerprint density at radius 3 is 2.56 bits per heavy atom. The van der Waals surface area contributed by atoms with Gasteiger partial charge in [-0.05, 0) is 44.0 Å². The van der Waals surface area contributed by atoms with Crippen molar-refractivity contribution in [2.45, 2.75) is 33.9 Å². The van der Waals surface area contributed by atoms with Crippen molar-refractivity contribution >= 4 is 15.9 Å². The van der Waals surface area contributed by atoms with Crippen LogP contribution in [0.3, 0.4) is 0 Å². The third-order valence-electron chi connectivity index (χ3n) is 2.77. The molecule has 0 unspecified atom stereocenters. The van der Waals surface area contributed by atoms with Gasteiger partial charge in [-0.3, -0.25) is 0 Å². The van der Waals surface area contributed by atoms with E-state index in [0.717, 1.165) is 22.6 Å². The first-order valence-corrected chi connectivity index (χ1v) is 6.67. The molecular formula is C13H16BrN3O. The lowest BCUT2D eigenvalue weighted by Crippen LogP contribution is -2.07. The first kappa shape index (κ1) is 13.1. The number of rotatable bonds is 4. The maximum atomic E-state index is 5.77. The second-order valence-corrected chi connectivity index (χ2v) is 4.94. The molecule has 0 amide bonds. The van der Waals surface area contributed by atoms with Gasteiger partial charge in [-0.25, -0.2) is 9.67 Å². The third kappa shape index (κ3) is 2.72. The molecule has 5 heteroatoms. The molecule has 0 fully saturated rings. The van der Waals surface area contributed by atoms with E-state index in [1.165, 1.54) is 11.1 Å². The maximum absolute atomic E-state index is 5.77. The van der Waals surface area contributed by atoms with Gasteiger partial charge in [-0.15, -0.1) is 0 Å². The topological polar surface area (TPSA) is 39.9 Å². The van der Waals surface area contributed by atoms with Crippen LogP contribution in [0.15, 0.2) is 22.9 Å². The summed E-state index contributed by atoms with van der Waals surface area (Å²) in [7, 11) is 0. The van der Waals surface area contributed by atoms with Crippen LogP contribution in [-0.2, 0) is 13.2 Å². The molecule has 1 aromatic carbocycles. The molecule has 18 heavy (non-hydrogen) atoms. The second kappa shape index (κ2) is 5.52. The molecule has 1 heterocycles. The Balaban J connectivity index is 2.11. The Morgan fingerprint density at radius 1 is 1.28 bits per heavy atom. The highest BCUT2D eigenvalue weighted by atomic mass is 79.9. The molecule has 0 aliphatic carbocycles. The minimum Gasteiger partial charge on any atom is -0.486 e. The zero-order valence-electron chi connectivity index (χ0n) is 10.8. The van der Waals surface area contributed by atoms with E-state index in [9.17, 15) is 0 Å². The summed E-state index contributed by atoms with van der Waals surface area (Å²) in [4.78, 5) is 4.18. The van der Waals surface area contributed by atoms with Crippen molar-refractivity contribution in [1.82, 2.24) is 14.8 Å². The van der Waals surface area contributed by atoms with E-state index < -0.39 is 0 Å². The fourth-order valence-corrected chi connectivity index (χ4v) is 2.03. The Bertz CT molecular complexity index is 528. The third-order valence-corrected chi connectivity index (χ3v) is 4.02. The van der Waals surface area contributed by atoms with Gasteiger partial charge in [-0.2, -0.15) is 5.10 Å². The molecule has 0 saturated heterocycles. The lowest BCUT2D eigenvalue weighted by Gasteiger charge is -2.10. The fraction of sp³-hybridized carbons (Fsp3) is 0.385. The maximum Gasteiger partial charge on any atom is 0.164 e. The summed E-state index contributed by atoms with van der Waals surface area (Å²) >= 11 is 3.54. The van der Waals surface area contributed by atoms with E-state index in [1.54, 1.807) is 6.33 Å². The minimum absolute atomic E-state index is 0.439. The molecule has 0 aliphatic heterocycles. The molecular weight excluding hydrogens is 294 g/mol. The first-order chi connectivity index (χ1) is 8.61. The average molecular weight is 310 g/mol. The highest BCUT2D eigenvalue weighted by Crippen LogP contribution is 2.26. The number of benzene rings is 1. The van der Waals surface area contributed by atoms with Crippen molar-refractivity contribution in [3.05, 3.63) is 39.9 Å². The molecule has 0 spiro atoms. The molecule has 2 aromatic rings.